The second kappa shape index (κ2) is 4.87. The number of rotatable bonds is 4. The maximum atomic E-state index is 12.0. The summed E-state index contributed by atoms with van der Waals surface area (Å²) in [5.41, 5.74) is 0.852. The first kappa shape index (κ1) is 12.7. The van der Waals surface area contributed by atoms with Gasteiger partial charge in [-0.05, 0) is 31.5 Å². The molecule has 2 heterocycles. The van der Waals surface area contributed by atoms with Crippen molar-refractivity contribution in [1.29, 1.82) is 0 Å². The zero-order valence-corrected chi connectivity index (χ0v) is 10.9. The zero-order valence-electron chi connectivity index (χ0n) is 10.1. The molecule has 1 atom stereocenters. The van der Waals surface area contributed by atoms with E-state index < -0.39 is 10.0 Å². The van der Waals surface area contributed by atoms with Gasteiger partial charge in [0.25, 0.3) is 10.0 Å². The lowest BCUT2D eigenvalue weighted by molar-refractivity contribution is 0.563. The van der Waals surface area contributed by atoms with Crippen molar-refractivity contribution in [2.24, 2.45) is 0 Å². The first-order valence-corrected chi connectivity index (χ1v) is 6.91. The Balaban J connectivity index is 2.19. The highest BCUT2D eigenvalue weighted by Crippen LogP contribution is 2.14. The van der Waals surface area contributed by atoms with Gasteiger partial charge in [-0.3, -0.25) is 4.98 Å². The third-order valence-electron chi connectivity index (χ3n) is 2.51. The van der Waals surface area contributed by atoms with Gasteiger partial charge in [-0.2, -0.15) is 0 Å². The van der Waals surface area contributed by atoms with Crippen molar-refractivity contribution in [3.63, 3.8) is 0 Å². The van der Waals surface area contributed by atoms with Gasteiger partial charge in [0, 0.05) is 18.4 Å². The fraction of sp³-hybridized carbons (Fsp3) is 0.273. The van der Waals surface area contributed by atoms with Crippen molar-refractivity contribution >= 4 is 10.0 Å². The molecule has 6 nitrogen and oxygen atoms in total. The zero-order chi connectivity index (χ0) is 13.2. The number of aromatic nitrogens is 3. The average Bonchev–Trinajstić information content (AvgIpc) is 2.77. The second-order valence-corrected chi connectivity index (χ2v) is 5.64. The summed E-state index contributed by atoms with van der Waals surface area (Å²) >= 11 is 0. The first-order valence-electron chi connectivity index (χ1n) is 5.43. The summed E-state index contributed by atoms with van der Waals surface area (Å²) in [5.74, 6) is 0.562. The normalized spacial score (nSPS) is 13.4. The third-order valence-corrected chi connectivity index (χ3v) is 3.96. The molecule has 1 unspecified atom stereocenters. The summed E-state index contributed by atoms with van der Waals surface area (Å²) in [5, 5.41) is 0.0703. The van der Waals surface area contributed by atoms with E-state index in [2.05, 4.69) is 19.7 Å². The average molecular weight is 266 g/mol. The standard InChI is InChI=1S/C11H14N4O2S/c1-8(10-3-5-12-6-4-10)15-18(16,17)11-7-13-9(2)14-11/h3-8,15H,1-2H3,(H,13,14). The van der Waals surface area contributed by atoms with E-state index in [1.54, 1.807) is 38.4 Å². The molecule has 2 N–H and O–H groups in total. The molecule has 7 heteroatoms. The number of hydrogen-bond donors (Lipinski definition) is 2. The van der Waals surface area contributed by atoms with E-state index in [1.807, 2.05) is 0 Å². The molecular weight excluding hydrogens is 252 g/mol. The maximum Gasteiger partial charge on any atom is 0.258 e. The van der Waals surface area contributed by atoms with Crippen LogP contribution in [0.2, 0.25) is 0 Å². The Labute approximate surface area is 106 Å². The summed E-state index contributed by atoms with van der Waals surface area (Å²) in [6, 6.07) is 3.21. The molecule has 2 aromatic heterocycles. The van der Waals surface area contributed by atoms with Crippen LogP contribution in [0.4, 0.5) is 0 Å². The van der Waals surface area contributed by atoms with Crippen LogP contribution in [0.3, 0.4) is 0 Å². The number of H-pyrrole nitrogens is 1. The molecule has 0 bridgehead atoms. The number of imidazole rings is 1. The van der Waals surface area contributed by atoms with Crippen LogP contribution < -0.4 is 4.72 Å². The highest BCUT2D eigenvalue weighted by Gasteiger charge is 2.20. The van der Waals surface area contributed by atoms with Crippen molar-refractivity contribution < 1.29 is 8.42 Å². The van der Waals surface area contributed by atoms with Crippen LogP contribution >= 0.6 is 0 Å². The molecule has 0 fully saturated rings. The monoisotopic (exact) mass is 266 g/mol. The van der Waals surface area contributed by atoms with Gasteiger partial charge < -0.3 is 4.98 Å². The molecule has 0 aliphatic heterocycles. The number of aromatic amines is 1. The molecule has 0 saturated heterocycles. The predicted octanol–water partition coefficient (Wildman–Crippen LogP) is 1.15. The van der Waals surface area contributed by atoms with E-state index >= 15 is 0 Å². The van der Waals surface area contributed by atoms with Gasteiger partial charge in [0.15, 0.2) is 5.03 Å². The van der Waals surface area contributed by atoms with Crippen molar-refractivity contribution in [3.05, 3.63) is 42.1 Å². The first-order chi connectivity index (χ1) is 8.49. The molecule has 0 spiro atoms. The molecule has 96 valence electrons. The van der Waals surface area contributed by atoms with E-state index in [0.717, 1.165) is 5.56 Å². The molecule has 0 aliphatic rings. The van der Waals surface area contributed by atoms with Gasteiger partial charge >= 0.3 is 0 Å². The van der Waals surface area contributed by atoms with Gasteiger partial charge in [-0.1, -0.05) is 0 Å². The Morgan fingerprint density at radius 1 is 1.33 bits per heavy atom. The van der Waals surface area contributed by atoms with Crippen LogP contribution in [0.1, 0.15) is 24.4 Å². The number of hydrogen-bond acceptors (Lipinski definition) is 4. The molecule has 0 amide bonds. The van der Waals surface area contributed by atoms with Crippen LogP contribution in [-0.4, -0.2) is 23.4 Å². The maximum absolute atomic E-state index is 12.0. The smallest absolute Gasteiger partial charge is 0.258 e. The van der Waals surface area contributed by atoms with Crippen LogP contribution in [0.15, 0.2) is 35.7 Å². The lowest BCUT2D eigenvalue weighted by Gasteiger charge is -2.13. The molecule has 18 heavy (non-hydrogen) atoms. The van der Waals surface area contributed by atoms with E-state index in [0.29, 0.717) is 5.82 Å². The molecule has 0 aliphatic carbocycles. The molecule has 0 saturated carbocycles. The van der Waals surface area contributed by atoms with E-state index in [4.69, 9.17) is 0 Å². The largest absolute Gasteiger partial charge is 0.332 e. The number of pyridine rings is 1. The fourth-order valence-electron chi connectivity index (χ4n) is 1.55. The summed E-state index contributed by atoms with van der Waals surface area (Å²) in [6.07, 6.45) is 4.55. The lowest BCUT2D eigenvalue weighted by atomic mass is 10.1. The van der Waals surface area contributed by atoms with E-state index in [9.17, 15) is 8.42 Å². The highest BCUT2D eigenvalue weighted by molar-refractivity contribution is 7.89. The Kier molecular flexibility index (Phi) is 3.44. The number of nitrogens with one attached hydrogen (secondary N) is 2. The molecule has 2 rings (SSSR count). The summed E-state index contributed by atoms with van der Waals surface area (Å²) in [6.45, 7) is 3.47. The Morgan fingerprint density at radius 2 is 2.00 bits per heavy atom. The Morgan fingerprint density at radius 3 is 2.56 bits per heavy atom. The molecule has 2 aromatic rings. The SMILES string of the molecule is Cc1ncc(S(=O)(=O)NC(C)c2ccncc2)[nH]1. The van der Waals surface area contributed by atoms with Crippen molar-refractivity contribution in [2.75, 3.05) is 0 Å². The van der Waals surface area contributed by atoms with E-state index in [-0.39, 0.29) is 11.1 Å². The van der Waals surface area contributed by atoms with E-state index in [1.165, 1.54) is 6.20 Å². The number of sulfonamides is 1. The van der Waals surface area contributed by atoms with Crippen molar-refractivity contribution in [1.82, 2.24) is 19.7 Å². The minimum Gasteiger partial charge on any atom is -0.332 e. The molecule has 0 aromatic carbocycles. The van der Waals surface area contributed by atoms with Crippen molar-refractivity contribution in [2.45, 2.75) is 24.9 Å². The Hall–Kier alpha value is -1.73. The van der Waals surface area contributed by atoms with Gasteiger partial charge in [0.2, 0.25) is 0 Å². The van der Waals surface area contributed by atoms with Gasteiger partial charge in [-0.25, -0.2) is 18.1 Å². The minimum absolute atomic E-state index is 0.0703. The summed E-state index contributed by atoms with van der Waals surface area (Å²) in [4.78, 5) is 10.5. The molecular formula is C11H14N4O2S. The summed E-state index contributed by atoms with van der Waals surface area (Å²) < 4.78 is 26.6. The number of aryl methyl sites for hydroxylation is 1. The highest BCUT2D eigenvalue weighted by atomic mass is 32.2. The van der Waals surface area contributed by atoms with Crippen LogP contribution in [0, 0.1) is 6.92 Å². The van der Waals surface area contributed by atoms with Gasteiger partial charge in [-0.15, -0.1) is 0 Å². The van der Waals surface area contributed by atoms with Gasteiger partial charge in [0.05, 0.1) is 6.20 Å². The topological polar surface area (TPSA) is 87.7 Å². The van der Waals surface area contributed by atoms with Crippen LogP contribution in [-0.2, 0) is 10.0 Å². The van der Waals surface area contributed by atoms with Crippen LogP contribution in [0.25, 0.3) is 0 Å². The number of nitrogens with zero attached hydrogens (tertiary/aromatic N) is 2. The van der Waals surface area contributed by atoms with Crippen molar-refractivity contribution in [3.8, 4) is 0 Å². The minimum atomic E-state index is -3.58. The quantitative estimate of drug-likeness (QED) is 0.869. The van der Waals surface area contributed by atoms with Gasteiger partial charge in [0.1, 0.15) is 5.82 Å². The fourth-order valence-corrected chi connectivity index (χ4v) is 2.75. The summed E-state index contributed by atoms with van der Waals surface area (Å²) in [7, 11) is -3.58. The van der Waals surface area contributed by atoms with Crippen LogP contribution in [0.5, 0.6) is 0 Å². The second-order valence-electron chi connectivity index (χ2n) is 3.96. The Bertz CT molecular complexity index is 622. The third kappa shape index (κ3) is 2.74. The predicted molar refractivity (Wildman–Crippen MR) is 66.3 cm³/mol. The lowest BCUT2D eigenvalue weighted by Crippen LogP contribution is -2.27. The molecule has 0 radical (unpaired) electrons.